The van der Waals surface area contributed by atoms with Gasteiger partial charge in [-0.1, -0.05) is 67.6 Å². The third-order valence-electron chi connectivity index (χ3n) is 6.13. The SMILES string of the molecule is CC(CNC(=O)c1ccc(CNC(=O)OCC2c3ccccc3-c3ccccc32)cc1)CC(=O)O. The molecule has 0 saturated carbocycles. The highest BCUT2D eigenvalue weighted by molar-refractivity contribution is 5.94. The van der Waals surface area contributed by atoms with Crippen LogP contribution in [0.3, 0.4) is 0 Å². The minimum absolute atomic E-state index is 0.000750. The molecule has 3 N–H and O–H groups in total. The number of alkyl carbamates (subject to hydrolysis) is 1. The number of amides is 2. The number of carboxylic acids is 1. The predicted molar refractivity (Wildman–Crippen MR) is 132 cm³/mol. The number of carboxylic acid groups (broad SMARTS) is 1. The fraction of sp³-hybridized carbons (Fsp3) is 0.250. The number of ether oxygens (including phenoxy) is 1. The average molecular weight is 473 g/mol. The minimum Gasteiger partial charge on any atom is -0.481 e. The third kappa shape index (κ3) is 5.87. The Balaban J connectivity index is 1.26. The summed E-state index contributed by atoms with van der Waals surface area (Å²) in [6, 6.07) is 23.2. The standard InChI is InChI=1S/C28H28N2O5/c1-18(14-26(31)32)15-29-27(33)20-12-10-19(11-13-20)16-30-28(34)35-17-25-23-8-4-2-6-21(23)22-7-3-5-9-24(22)25/h2-13,18,25H,14-17H2,1H3,(H,29,33)(H,30,34)(H,31,32). The Bertz CT molecular complexity index is 1180. The highest BCUT2D eigenvalue weighted by Crippen LogP contribution is 2.44. The Kier molecular flexibility index (Phi) is 7.45. The number of hydrogen-bond donors (Lipinski definition) is 3. The lowest BCUT2D eigenvalue weighted by atomic mass is 9.98. The monoisotopic (exact) mass is 472 g/mol. The molecule has 7 heteroatoms. The lowest BCUT2D eigenvalue weighted by Gasteiger charge is -2.14. The molecule has 1 aliphatic rings. The molecule has 3 aromatic carbocycles. The smallest absolute Gasteiger partial charge is 0.407 e. The number of carbonyl (C=O) groups excluding carboxylic acids is 2. The van der Waals surface area contributed by atoms with Crippen molar-refractivity contribution in [2.75, 3.05) is 13.2 Å². The van der Waals surface area contributed by atoms with Crippen molar-refractivity contribution in [1.82, 2.24) is 10.6 Å². The summed E-state index contributed by atoms with van der Waals surface area (Å²) in [6.07, 6.45) is -0.498. The van der Waals surface area contributed by atoms with E-state index in [0.717, 1.165) is 16.7 Å². The van der Waals surface area contributed by atoms with Crippen LogP contribution in [0.4, 0.5) is 4.79 Å². The molecule has 0 radical (unpaired) electrons. The molecule has 2 amide bonds. The molecule has 0 saturated heterocycles. The Labute approximate surface area is 204 Å². The molecule has 1 unspecified atom stereocenters. The normalized spacial score (nSPS) is 12.8. The van der Waals surface area contributed by atoms with Gasteiger partial charge in [0.05, 0.1) is 0 Å². The fourth-order valence-electron chi connectivity index (χ4n) is 4.34. The van der Waals surface area contributed by atoms with Crippen LogP contribution in [-0.2, 0) is 16.1 Å². The molecule has 180 valence electrons. The highest BCUT2D eigenvalue weighted by Gasteiger charge is 2.28. The van der Waals surface area contributed by atoms with Crippen LogP contribution < -0.4 is 10.6 Å². The lowest BCUT2D eigenvalue weighted by molar-refractivity contribution is -0.137. The number of rotatable bonds is 9. The van der Waals surface area contributed by atoms with Crippen molar-refractivity contribution in [2.45, 2.75) is 25.8 Å². The molecule has 35 heavy (non-hydrogen) atoms. The van der Waals surface area contributed by atoms with Gasteiger partial charge in [0.2, 0.25) is 0 Å². The Morgan fingerprint density at radius 3 is 2.09 bits per heavy atom. The van der Waals surface area contributed by atoms with Gasteiger partial charge < -0.3 is 20.5 Å². The van der Waals surface area contributed by atoms with E-state index in [-0.39, 0.29) is 43.9 Å². The molecule has 0 fully saturated rings. The van der Waals surface area contributed by atoms with E-state index in [4.69, 9.17) is 9.84 Å². The van der Waals surface area contributed by atoms with Gasteiger partial charge >= 0.3 is 12.1 Å². The molecule has 4 rings (SSSR count). The first-order valence-corrected chi connectivity index (χ1v) is 11.6. The summed E-state index contributed by atoms with van der Waals surface area (Å²) in [7, 11) is 0. The summed E-state index contributed by atoms with van der Waals surface area (Å²) in [5, 5.41) is 14.3. The first-order valence-electron chi connectivity index (χ1n) is 11.6. The summed E-state index contributed by atoms with van der Waals surface area (Å²) in [5.74, 6) is -1.31. The molecule has 7 nitrogen and oxygen atoms in total. The van der Waals surface area contributed by atoms with Gasteiger partial charge in [-0.25, -0.2) is 4.79 Å². The van der Waals surface area contributed by atoms with E-state index in [1.54, 1.807) is 31.2 Å². The number of fused-ring (bicyclic) bond motifs is 3. The quantitative estimate of drug-likeness (QED) is 0.423. The first-order chi connectivity index (χ1) is 16.9. The maximum atomic E-state index is 12.4. The summed E-state index contributed by atoms with van der Waals surface area (Å²) in [6.45, 7) is 2.58. The molecular formula is C28H28N2O5. The van der Waals surface area contributed by atoms with E-state index < -0.39 is 12.1 Å². The van der Waals surface area contributed by atoms with Gasteiger partial charge in [-0.05, 0) is 45.9 Å². The van der Waals surface area contributed by atoms with Crippen LogP contribution in [0.2, 0.25) is 0 Å². The van der Waals surface area contributed by atoms with Gasteiger partial charge in [0.15, 0.2) is 0 Å². The average Bonchev–Trinajstić information content (AvgIpc) is 3.18. The van der Waals surface area contributed by atoms with E-state index in [1.807, 2.05) is 24.3 Å². The summed E-state index contributed by atoms with van der Waals surface area (Å²) < 4.78 is 5.55. The van der Waals surface area contributed by atoms with Crippen LogP contribution in [0.25, 0.3) is 11.1 Å². The van der Waals surface area contributed by atoms with E-state index in [1.165, 1.54) is 11.1 Å². The van der Waals surface area contributed by atoms with E-state index in [0.29, 0.717) is 5.56 Å². The van der Waals surface area contributed by atoms with Gasteiger partial charge in [-0.3, -0.25) is 9.59 Å². The van der Waals surface area contributed by atoms with Gasteiger partial charge in [0, 0.05) is 31.0 Å². The topological polar surface area (TPSA) is 105 Å². The van der Waals surface area contributed by atoms with Crippen molar-refractivity contribution in [3.05, 3.63) is 95.1 Å². The van der Waals surface area contributed by atoms with Crippen molar-refractivity contribution >= 4 is 18.0 Å². The van der Waals surface area contributed by atoms with E-state index in [9.17, 15) is 14.4 Å². The zero-order chi connectivity index (χ0) is 24.8. The second-order valence-electron chi connectivity index (χ2n) is 8.79. The third-order valence-corrected chi connectivity index (χ3v) is 6.13. The fourth-order valence-corrected chi connectivity index (χ4v) is 4.34. The molecule has 0 bridgehead atoms. The van der Waals surface area contributed by atoms with Crippen LogP contribution in [0.15, 0.2) is 72.8 Å². The van der Waals surface area contributed by atoms with Crippen molar-refractivity contribution in [3.8, 4) is 11.1 Å². The maximum absolute atomic E-state index is 12.4. The molecule has 1 aliphatic carbocycles. The number of nitrogens with one attached hydrogen (secondary N) is 2. The molecule has 0 aromatic heterocycles. The molecule has 0 heterocycles. The Hall–Kier alpha value is -4.13. The summed E-state index contributed by atoms with van der Waals surface area (Å²) >= 11 is 0. The summed E-state index contributed by atoms with van der Waals surface area (Å²) in [5.41, 5.74) is 5.97. The maximum Gasteiger partial charge on any atom is 0.407 e. The molecule has 3 aromatic rings. The zero-order valence-electron chi connectivity index (χ0n) is 19.5. The number of hydrogen-bond acceptors (Lipinski definition) is 4. The molecular weight excluding hydrogens is 444 g/mol. The van der Waals surface area contributed by atoms with E-state index in [2.05, 4.69) is 34.9 Å². The molecule has 0 aliphatic heterocycles. The van der Waals surface area contributed by atoms with Gasteiger partial charge in [-0.15, -0.1) is 0 Å². The number of carbonyl (C=O) groups is 3. The predicted octanol–water partition coefficient (Wildman–Crippen LogP) is 4.57. The van der Waals surface area contributed by atoms with Crippen molar-refractivity contribution in [2.24, 2.45) is 5.92 Å². The van der Waals surface area contributed by atoms with Crippen LogP contribution >= 0.6 is 0 Å². The van der Waals surface area contributed by atoms with Crippen LogP contribution in [-0.4, -0.2) is 36.2 Å². The van der Waals surface area contributed by atoms with Gasteiger partial charge in [0.25, 0.3) is 5.91 Å². The van der Waals surface area contributed by atoms with Crippen LogP contribution in [0.5, 0.6) is 0 Å². The number of benzene rings is 3. The van der Waals surface area contributed by atoms with Crippen LogP contribution in [0.1, 0.15) is 46.3 Å². The van der Waals surface area contributed by atoms with E-state index >= 15 is 0 Å². The van der Waals surface area contributed by atoms with Gasteiger partial charge in [-0.2, -0.15) is 0 Å². The minimum atomic E-state index is -0.889. The first kappa shape index (κ1) is 24.0. The molecule has 0 spiro atoms. The largest absolute Gasteiger partial charge is 0.481 e. The second-order valence-corrected chi connectivity index (χ2v) is 8.79. The molecule has 1 atom stereocenters. The van der Waals surface area contributed by atoms with Gasteiger partial charge in [0.1, 0.15) is 6.61 Å². The second kappa shape index (κ2) is 10.9. The zero-order valence-corrected chi connectivity index (χ0v) is 19.5. The Morgan fingerprint density at radius 2 is 1.49 bits per heavy atom. The van der Waals surface area contributed by atoms with Crippen molar-refractivity contribution in [1.29, 1.82) is 0 Å². The number of aliphatic carboxylic acids is 1. The Morgan fingerprint density at radius 1 is 0.886 bits per heavy atom. The lowest BCUT2D eigenvalue weighted by Crippen LogP contribution is -2.29. The summed E-state index contributed by atoms with van der Waals surface area (Å²) in [4.78, 5) is 35.3. The van der Waals surface area contributed by atoms with Crippen molar-refractivity contribution < 1.29 is 24.2 Å². The van der Waals surface area contributed by atoms with Crippen molar-refractivity contribution in [3.63, 3.8) is 0 Å². The van der Waals surface area contributed by atoms with Crippen LogP contribution in [0, 0.1) is 5.92 Å². The highest BCUT2D eigenvalue weighted by atomic mass is 16.5.